The van der Waals surface area contributed by atoms with Crippen LogP contribution in [0.2, 0.25) is 0 Å². The molecule has 27 heavy (non-hydrogen) atoms. The van der Waals surface area contributed by atoms with Crippen molar-refractivity contribution in [3.63, 3.8) is 0 Å². The lowest BCUT2D eigenvalue weighted by atomic mass is 9.87. The fourth-order valence-electron chi connectivity index (χ4n) is 3.84. The SMILES string of the molecule is Cc1noc(C)c1-c1ccc2c(c1)C(O)(CCCc1ccccc1)C(=O)N2. The predicted molar refractivity (Wildman–Crippen MR) is 103 cm³/mol. The van der Waals surface area contributed by atoms with Crippen LogP contribution in [0.5, 0.6) is 0 Å². The molecule has 1 aliphatic heterocycles. The number of amides is 1. The monoisotopic (exact) mass is 362 g/mol. The van der Waals surface area contributed by atoms with Gasteiger partial charge in [0.05, 0.1) is 5.69 Å². The normalized spacial score (nSPS) is 18.4. The molecule has 0 bridgehead atoms. The van der Waals surface area contributed by atoms with Gasteiger partial charge in [-0.3, -0.25) is 4.79 Å². The zero-order valence-corrected chi connectivity index (χ0v) is 15.5. The zero-order valence-electron chi connectivity index (χ0n) is 15.5. The Morgan fingerprint density at radius 3 is 2.63 bits per heavy atom. The van der Waals surface area contributed by atoms with Gasteiger partial charge in [0.2, 0.25) is 0 Å². The Hall–Kier alpha value is -2.92. The van der Waals surface area contributed by atoms with Crippen LogP contribution in [0.25, 0.3) is 11.1 Å². The minimum atomic E-state index is -1.51. The van der Waals surface area contributed by atoms with E-state index in [0.717, 1.165) is 29.0 Å². The second kappa shape index (κ2) is 6.67. The fourth-order valence-corrected chi connectivity index (χ4v) is 3.84. The third kappa shape index (κ3) is 3.04. The summed E-state index contributed by atoms with van der Waals surface area (Å²) in [5.41, 5.74) is 3.56. The highest BCUT2D eigenvalue weighted by Gasteiger charge is 2.44. The summed E-state index contributed by atoms with van der Waals surface area (Å²) >= 11 is 0. The summed E-state index contributed by atoms with van der Waals surface area (Å²) < 4.78 is 5.26. The van der Waals surface area contributed by atoms with Crippen molar-refractivity contribution in [1.29, 1.82) is 0 Å². The number of hydrogen-bond acceptors (Lipinski definition) is 4. The molecule has 3 aromatic rings. The van der Waals surface area contributed by atoms with Crippen LogP contribution in [0.3, 0.4) is 0 Å². The summed E-state index contributed by atoms with van der Waals surface area (Å²) in [4.78, 5) is 12.5. The number of aryl methyl sites for hydroxylation is 3. The molecule has 5 heteroatoms. The molecule has 1 unspecified atom stereocenters. The summed E-state index contributed by atoms with van der Waals surface area (Å²) in [6.07, 6.45) is 1.89. The highest BCUT2D eigenvalue weighted by molar-refractivity contribution is 6.05. The van der Waals surface area contributed by atoms with E-state index in [0.29, 0.717) is 24.1 Å². The van der Waals surface area contributed by atoms with Crippen molar-refractivity contribution >= 4 is 11.6 Å². The molecule has 1 amide bonds. The first-order valence-corrected chi connectivity index (χ1v) is 9.14. The van der Waals surface area contributed by atoms with Crippen LogP contribution in [0.4, 0.5) is 5.69 Å². The van der Waals surface area contributed by atoms with Crippen molar-refractivity contribution in [2.75, 3.05) is 5.32 Å². The maximum absolute atomic E-state index is 12.5. The molecule has 1 atom stereocenters. The van der Waals surface area contributed by atoms with Gasteiger partial charge in [-0.25, -0.2) is 0 Å². The Kier molecular flexibility index (Phi) is 4.32. The lowest BCUT2D eigenvalue weighted by Gasteiger charge is -2.21. The molecule has 0 fully saturated rings. The number of rotatable bonds is 5. The molecule has 4 rings (SSSR count). The van der Waals surface area contributed by atoms with E-state index in [1.807, 2.05) is 50.2 Å². The van der Waals surface area contributed by atoms with Crippen LogP contribution in [-0.2, 0) is 16.8 Å². The molecule has 1 aliphatic rings. The number of aliphatic hydroxyl groups is 1. The van der Waals surface area contributed by atoms with Gasteiger partial charge in [-0.05, 0) is 56.4 Å². The smallest absolute Gasteiger partial charge is 0.261 e. The maximum atomic E-state index is 12.5. The fraction of sp³-hybridized carbons (Fsp3) is 0.273. The lowest BCUT2D eigenvalue weighted by Crippen LogP contribution is -2.34. The van der Waals surface area contributed by atoms with Gasteiger partial charge >= 0.3 is 0 Å². The van der Waals surface area contributed by atoms with Gasteiger partial charge in [0.15, 0.2) is 5.60 Å². The topological polar surface area (TPSA) is 75.4 Å². The van der Waals surface area contributed by atoms with Crippen LogP contribution >= 0.6 is 0 Å². The zero-order chi connectivity index (χ0) is 19.0. The first-order valence-electron chi connectivity index (χ1n) is 9.14. The molecule has 5 nitrogen and oxygen atoms in total. The number of nitrogens with zero attached hydrogens (tertiary/aromatic N) is 1. The molecule has 2 N–H and O–H groups in total. The van der Waals surface area contributed by atoms with Crippen LogP contribution < -0.4 is 5.32 Å². The van der Waals surface area contributed by atoms with Crippen molar-refractivity contribution < 1.29 is 14.4 Å². The summed E-state index contributed by atoms with van der Waals surface area (Å²) in [5.74, 6) is 0.360. The van der Waals surface area contributed by atoms with E-state index in [1.54, 1.807) is 0 Å². The predicted octanol–water partition coefficient (Wildman–Crippen LogP) is 4.12. The number of aromatic nitrogens is 1. The molecule has 0 saturated heterocycles. The van der Waals surface area contributed by atoms with E-state index in [9.17, 15) is 9.90 Å². The highest BCUT2D eigenvalue weighted by atomic mass is 16.5. The number of benzene rings is 2. The molecule has 2 heterocycles. The first-order chi connectivity index (χ1) is 13.0. The highest BCUT2D eigenvalue weighted by Crippen LogP contribution is 2.42. The third-order valence-corrected chi connectivity index (χ3v) is 5.26. The van der Waals surface area contributed by atoms with E-state index < -0.39 is 5.60 Å². The first kappa shape index (κ1) is 17.5. The Bertz CT molecular complexity index is 975. The number of hydrogen-bond donors (Lipinski definition) is 2. The average Bonchev–Trinajstić information content (AvgIpc) is 3.12. The maximum Gasteiger partial charge on any atom is 0.261 e. The number of fused-ring (bicyclic) bond motifs is 1. The van der Waals surface area contributed by atoms with Crippen LogP contribution in [0.15, 0.2) is 53.1 Å². The molecular formula is C22H22N2O3. The van der Waals surface area contributed by atoms with Crippen molar-refractivity contribution in [2.24, 2.45) is 0 Å². The molecule has 2 aromatic carbocycles. The van der Waals surface area contributed by atoms with Crippen molar-refractivity contribution in [3.05, 3.63) is 71.1 Å². The molecule has 0 saturated carbocycles. The number of anilines is 1. The number of carbonyl (C=O) groups excluding carboxylic acids is 1. The number of carbonyl (C=O) groups is 1. The van der Waals surface area contributed by atoms with E-state index in [2.05, 4.69) is 22.6 Å². The van der Waals surface area contributed by atoms with Crippen LogP contribution in [0.1, 0.15) is 35.4 Å². The van der Waals surface area contributed by atoms with E-state index in [-0.39, 0.29) is 5.91 Å². The lowest BCUT2D eigenvalue weighted by molar-refractivity contribution is -0.134. The van der Waals surface area contributed by atoms with Crippen LogP contribution in [0, 0.1) is 13.8 Å². The molecule has 1 aromatic heterocycles. The minimum absolute atomic E-state index is 0.360. The van der Waals surface area contributed by atoms with Gasteiger partial charge in [-0.15, -0.1) is 0 Å². The van der Waals surface area contributed by atoms with Gasteiger partial charge in [0.1, 0.15) is 5.76 Å². The summed E-state index contributed by atoms with van der Waals surface area (Å²) in [7, 11) is 0. The van der Waals surface area contributed by atoms with Gasteiger partial charge in [-0.1, -0.05) is 41.6 Å². The van der Waals surface area contributed by atoms with Crippen molar-refractivity contribution in [3.8, 4) is 11.1 Å². The Balaban J connectivity index is 1.62. The van der Waals surface area contributed by atoms with Gasteiger partial charge in [0.25, 0.3) is 5.91 Å². The quantitative estimate of drug-likeness (QED) is 0.716. The van der Waals surface area contributed by atoms with Crippen molar-refractivity contribution in [2.45, 2.75) is 38.7 Å². The molecule has 138 valence electrons. The number of nitrogens with one attached hydrogen (secondary N) is 1. The molecule has 0 spiro atoms. The molecule has 0 aliphatic carbocycles. The van der Waals surface area contributed by atoms with E-state index in [1.165, 1.54) is 5.56 Å². The second-order valence-electron chi connectivity index (χ2n) is 7.11. The van der Waals surface area contributed by atoms with Gasteiger partial charge in [0, 0.05) is 16.8 Å². The van der Waals surface area contributed by atoms with Gasteiger partial charge < -0.3 is 14.9 Å². The minimum Gasteiger partial charge on any atom is -0.375 e. The largest absolute Gasteiger partial charge is 0.375 e. The summed E-state index contributed by atoms with van der Waals surface area (Å²) in [6, 6.07) is 15.7. The van der Waals surface area contributed by atoms with Crippen LogP contribution in [-0.4, -0.2) is 16.2 Å². The van der Waals surface area contributed by atoms with Gasteiger partial charge in [-0.2, -0.15) is 0 Å². The molecule has 0 radical (unpaired) electrons. The Labute approximate surface area is 158 Å². The Morgan fingerprint density at radius 1 is 1.15 bits per heavy atom. The molecular weight excluding hydrogens is 340 g/mol. The second-order valence-corrected chi connectivity index (χ2v) is 7.11. The van der Waals surface area contributed by atoms with Crippen molar-refractivity contribution in [1.82, 2.24) is 5.16 Å². The summed E-state index contributed by atoms with van der Waals surface area (Å²) in [6.45, 7) is 3.74. The Morgan fingerprint density at radius 2 is 1.93 bits per heavy atom. The van der Waals surface area contributed by atoms with E-state index >= 15 is 0 Å². The van der Waals surface area contributed by atoms with E-state index in [4.69, 9.17) is 4.52 Å². The average molecular weight is 362 g/mol. The standard InChI is InChI=1S/C22H22N2O3/c1-14-20(15(2)27-24-14)17-10-11-19-18(13-17)22(26,21(25)23-19)12-6-9-16-7-4-3-5-8-16/h3-5,7-8,10-11,13,26H,6,9,12H2,1-2H3,(H,23,25). The summed E-state index contributed by atoms with van der Waals surface area (Å²) in [5, 5.41) is 18.0. The third-order valence-electron chi connectivity index (χ3n) is 5.26.